The second-order valence-electron chi connectivity index (χ2n) is 7.22. The molecule has 2 aromatic carbocycles. The lowest BCUT2D eigenvalue weighted by molar-refractivity contribution is -0.124. The van der Waals surface area contributed by atoms with Crippen molar-refractivity contribution in [2.45, 2.75) is 18.8 Å². The van der Waals surface area contributed by atoms with E-state index in [4.69, 9.17) is 0 Å². The maximum Gasteiger partial charge on any atom is 0.325 e. The number of likely N-dealkylation sites (N-methyl/N-ethyl adjacent to an activating group) is 1. The normalized spacial score (nSPS) is 20.2. The number of halogens is 2. The molecule has 1 aromatic heterocycles. The highest BCUT2D eigenvalue weighted by Crippen LogP contribution is 2.41. The standard InChI is InChI=1S/C20H16BrFN6O2/c1-26-18-15(17(29)23-20(26)30)27(10-11-2-8-14(22)9-3-11)19-25-24-16(28(18)19)12-4-6-13(21)7-5-12/h2-9,15,18H,10H2,1H3,(H,23,29,30). The van der Waals surface area contributed by atoms with Gasteiger partial charge in [-0.05, 0) is 29.8 Å². The van der Waals surface area contributed by atoms with Gasteiger partial charge in [0, 0.05) is 23.6 Å². The Morgan fingerprint density at radius 1 is 1.07 bits per heavy atom. The first-order chi connectivity index (χ1) is 14.4. The van der Waals surface area contributed by atoms with Crippen molar-refractivity contribution in [3.8, 4) is 11.4 Å². The Kier molecular flexibility index (Phi) is 4.31. The smallest absolute Gasteiger partial charge is 0.321 e. The molecule has 3 amide bonds. The number of nitrogens with one attached hydrogen (secondary N) is 1. The van der Waals surface area contributed by atoms with E-state index < -0.39 is 24.1 Å². The Hall–Kier alpha value is -3.27. The van der Waals surface area contributed by atoms with Crippen LogP contribution in [0, 0.1) is 5.82 Å². The van der Waals surface area contributed by atoms with Gasteiger partial charge in [0.2, 0.25) is 5.95 Å². The molecule has 5 rings (SSSR count). The highest BCUT2D eigenvalue weighted by molar-refractivity contribution is 9.10. The van der Waals surface area contributed by atoms with Crippen LogP contribution in [0.5, 0.6) is 0 Å². The fraction of sp³-hybridized carbons (Fsp3) is 0.200. The number of fused-ring (bicyclic) bond motifs is 3. The van der Waals surface area contributed by atoms with Gasteiger partial charge in [0.25, 0.3) is 5.91 Å². The van der Waals surface area contributed by atoms with Crippen molar-refractivity contribution in [1.29, 1.82) is 0 Å². The molecule has 1 fully saturated rings. The van der Waals surface area contributed by atoms with Crippen molar-refractivity contribution >= 4 is 33.8 Å². The summed E-state index contributed by atoms with van der Waals surface area (Å²) in [5.74, 6) is 0.296. The van der Waals surface area contributed by atoms with Crippen LogP contribution >= 0.6 is 15.9 Å². The summed E-state index contributed by atoms with van der Waals surface area (Å²) in [7, 11) is 1.63. The van der Waals surface area contributed by atoms with Crippen LogP contribution in [0.1, 0.15) is 11.7 Å². The quantitative estimate of drug-likeness (QED) is 0.636. The molecule has 0 bridgehead atoms. The van der Waals surface area contributed by atoms with Crippen LogP contribution in [0.3, 0.4) is 0 Å². The number of aromatic nitrogens is 3. The van der Waals surface area contributed by atoms with Crippen LogP contribution in [0.15, 0.2) is 53.0 Å². The number of amides is 3. The first kappa shape index (κ1) is 18.7. The molecule has 1 saturated heterocycles. The second-order valence-corrected chi connectivity index (χ2v) is 8.13. The van der Waals surface area contributed by atoms with Crippen LogP contribution in [-0.4, -0.2) is 44.7 Å². The monoisotopic (exact) mass is 470 g/mol. The average molecular weight is 471 g/mol. The minimum absolute atomic E-state index is 0.315. The van der Waals surface area contributed by atoms with Crippen LogP contribution < -0.4 is 10.2 Å². The van der Waals surface area contributed by atoms with Gasteiger partial charge in [0.15, 0.2) is 11.9 Å². The number of benzene rings is 2. The van der Waals surface area contributed by atoms with Crippen LogP contribution in [-0.2, 0) is 11.3 Å². The van der Waals surface area contributed by atoms with E-state index in [2.05, 4.69) is 31.4 Å². The number of imide groups is 1. The molecular weight excluding hydrogens is 455 g/mol. The van der Waals surface area contributed by atoms with Gasteiger partial charge in [-0.15, -0.1) is 10.2 Å². The molecule has 1 N–H and O–H groups in total. The maximum absolute atomic E-state index is 13.3. The summed E-state index contributed by atoms with van der Waals surface area (Å²) in [5, 5.41) is 11.1. The number of urea groups is 1. The lowest BCUT2D eigenvalue weighted by Crippen LogP contribution is -2.61. The van der Waals surface area contributed by atoms with Crippen molar-refractivity contribution in [1.82, 2.24) is 25.0 Å². The molecule has 2 aliphatic rings. The number of hydrogen-bond donors (Lipinski definition) is 1. The second kappa shape index (κ2) is 6.91. The molecule has 30 heavy (non-hydrogen) atoms. The number of hydrogen-bond acceptors (Lipinski definition) is 5. The number of carbonyl (C=O) groups is 2. The van der Waals surface area contributed by atoms with Crippen LogP contribution in [0.4, 0.5) is 15.1 Å². The molecule has 3 heterocycles. The highest BCUT2D eigenvalue weighted by Gasteiger charge is 2.52. The largest absolute Gasteiger partial charge is 0.325 e. The van der Waals surface area contributed by atoms with Gasteiger partial charge in [-0.3, -0.25) is 14.7 Å². The third kappa shape index (κ3) is 2.86. The molecular formula is C20H16BrFN6O2. The van der Waals surface area contributed by atoms with Gasteiger partial charge in [-0.25, -0.2) is 9.18 Å². The van der Waals surface area contributed by atoms with E-state index in [1.807, 2.05) is 28.8 Å². The van der Waals surface area contributed by atoms with E-state index in [-0.39, 0.29) is 5.82 Å². The van der Waals surface area contributed by atoms with Crippen molar-refractivity contribution in [3.05, 3.63) is 64.4 Å². The fourth-order valence-corrected chi connectivity index (χ4v) is 4.21. The van der Waals surface area contributed by atoms with Gasteiger partial charge in [-0.1, -0.05) is 40.2 Å². The van der Waals surface area contributed by atoms with Crippen molar-refractivity contribution in [2.24, 2.45) is 0 Å². The zero-order valence-electron chi connectivity index (χ0n) is 15.8. The molecule has 8 nitrogen and oxygen atoms in total. The molecule has 2 atom stereocenters. The van der Waals surface area contributed by atoms with Gasteiger partial charge < -0.3 is 9.80 Å². The van der Waals surface area contributed by atoms with E-state index in [9.17, 15) is 14.0 Å². The van der Waals surface area contributed by atoms with Crippen molar-refractivity contribution in [3.63, 3.8) is 0 Å². The van der Waals surface area contributed by atoms with Crippen LogP contribution in [0.2, 0.25) is 0 Å². The molecule has 0 aliphatic carbocycles. The summed E-state index contributed by atoms with van der Waals surface area (Å²) in [6, 6.07) is 12.5. The first-order valence-electron chi connectivity index (χ1n) is 9.23. The lowest BCUT2D eigenvalue weighted by atomic mass is 10.1. The summed E-state index contributed by atoms with van der Waals surface area (Å²) >= 11 is 3.42. The van der Waals surface area contributed by atoms with E-state index in [0.29, 0.717) is 18.3 Å². The Morgan fingerprint density at radius 3 is 2.47 bits per heavy atom. The van der Waals surface area contributed by atoms with Crippen molar-refractivity contribution in [2.75, 3.05) is 11.9 Å². The molecule has 10 heteroatoms. The molecule has 2 aliphatic heterocycles. The summed E-state index contributed by atoms with van der Waals surface area (Å²) in [6.45, 7) is 0.315. The molecule has 0 radical (unpaired) electrons. The topological polar surface area (TPSA) is 83.4 Å². The summed E-state index contributed by atoms with van der Waals surface area (Å²) in [5.41, 5.74) is 1.62. The summed E-state index contributed by atoms with van der Waals surface area (Å²) in [4.78, 5) is 28.4. The summed E-state index contributed by atoms with van der Waals surface area (Å²) < 4.78 is 16.1. The van der Waals surface area contributed by atoms with Crippen molar-refractivity contribution < 1.29 is 14.0 Å². The Labute approximate surface area is 179 Å². The average Bonchev–Trinajstić information content (AvgIpc) is 3.28. The van der Waals surface area contributed by atoms with E-state index in [0.717, 1.165) is 15.6 Å². The number of carbonyl (C=O) groups excluding carboxylic acids is 2. The minimum atomic E-state index is -0.683. The first-order valence-corrected chi connectivity index (χ1v) is 10.0. The zero-order valence-corrected chi connectivity index (χ0v) is 17.4. The highest BCUT2D eigenvalue weighted by atomic mass is 79.9. The molecule has 2 unspecified atom stereocenters. The summed E-state index contributed by atoms with van der Waals surface area (Å²) in [6.07, 6.45) is -0.602. The van der Waals surface area contributed by atoms with Gasteiger partial charge in [0.1, 0.15) is 12.0 Å². The van der Waals surface area contributed by atoms with Gasteiger partial charge in [-0.2, -0.15) is 0 Å². The predicted octanol–water partition coefficient (Wildman–Crippen LogP) is 2.92. The van der Waals surface area contributed by atoms with E-state index in [1.165, 1.54) is 17.0 Å². The zero-order chi connectivity index (χ0) is 21.0. The molecule has 152 valence electrons. The number of anilines is 1. The Morgan fingerprint density at radius 2 is 1.77 bits per heavy atom. The maximum atomic E-state index is 13.3. The van der Waals surface area contributed by atoms with Crippen LogP contribution in [0.25, 0.3) is 11.4 Å². The van der Waals surface area contributed by atoms with E-state index >= 15 is 0 Å². The molecule has 3 aromatic rings. The Bertz CT molecular complexity index is 1150. The molecule has 0 saturated carbocycles. The van der Waals surface area contributed by atoms with E-state index in [1.54, 1.807) is 24.1 Å². The lowest BCUT2D eigenvalue weighted by Gasteiger charge is -2.37. The minimum Gasteiger partial charge on any atom is -0.321 e. The predicted molar refractivity (Wildman–Crippen MR) is 110 cm³/mol. The number of rotatable bonds is 3. The third-order valence-corrected chi connectivity index (χ3v) is 5.93. The number of nitrogens with zero attached hydrogens (tertiary/aromatic N) is 5. The third-order valence-electron chi connectivity index (χ3n) is 5.40. The SMILES string of the molecule is CN1C(=O)NC(=O)C2C1n1c(-c3ccc(Br)cc3)nnc1N2Cc1ccc(F)cc1. The Balaban J connectivity index is 1.63. The van der Waals surface area contributed by atoms with Gasteiger partial charge >= 0.3 is 6.03 Å². The molecule has 0 spiro atoms. The van der Waals surface area contributed by atoms with Gasteiger partial charge in [0.05, 0.1) is 0 Å². The fourth-order valence-electron chi connectivity index (χ4n) is 3.95.